The zero-order chi connectivity index (χ0) is 10.8. The van der Waals surface area contributed by atoms with E-state index in [4.69, 9.17) is 0 Å². The summed E-state index contributed by atoms with van der Waals surface area (Å²) in [6.45, 7) is 5.68. The van der Waals surface area contributed by atoms with Crippen LogP contribution in [0, 0.1) is 5.92 Å². The Morgan fingerprint density at radius 3 is 3.00 bits per heavy atom. The van der Waals surface area contributed by atoms with Gasteiger partial charge in [0, 0.05) is 23.7 Å². The van der Waals surface area contributed by atoms with Crippen LogP contribution in [0.5, 0.6) is 0 Å². The van der Waals surface area contributed by atoms with Crippen molar-refractivity contribution in [3.8, 4) is 0 Å². The molecule has 1 aliphatic rings. The first-order valence-electron chi connectivity index (χ1n) is 5.52. The number of thiophene rings is 1. The average Bonchev–Trinajstić information content (AvgIpc) is 2.85. The highest BCUT2D eigenvalue weighted by Crippen LogP contribution is 2.32. The van der Waals surface area contributed by atoms with Gasteiger partial charge in [0.15, 0.2) is 6.29 Å². The molecule has 1 saturated heterocycles. The molecule has 0 aliphatic carbocycles. The number of hydrogen-bond acceptors (Lipinski definition) is 3. The maximum atomic E-state index is 10.6. The lowest BCUT2D eigenvalue weighted by Gasteiger charge is -2.28. The minimum absolute atomic E-state index is 0.652. The Bertz CT molecular complexity index is 345. The zero-order valence-electron chi connectivity index (χ0n) is 9.27. The molecule has 15 heavy (non-hydrogen) atoms. The number of rotatable bonds is 3. The molecule has 2 heterocycles. The predicted octanol–water partition coefficient (Wildman–Crippen LogP) is 3.19. The Balaban J connectivity index is 2.18. The van der Waals surface area contributed by atoms with Gasteiger partial charge in [-0.2, -0.15) is 0 Å². The summed E-state index contributed by atoms with van der Waals surface area (Å²) < 4.78 is 0. The molecular formula is C12H17NOS. The molecule has 0 aromatic carbocycles. The van der Waals surface area contributed by atoms with Crippen LogP contribution in [0.3, 0.4) is 0 Å². The number of carbonyl (C=O) groups excluding carboxylic acids is 1. The number of hydrogen-bond donors (Lipinski definition) is 0. The van der Waals surface area contributed by atoms with Gasteiger partial charge in [0.25, 0.3) is 0 Å². The summed E-state index contributed by atoms with van der Waals surface area (Å²) in [7, 11) is 0. The summed E-state index contributed by atoms with van der Waals surface area (Å²) in [5.41, 5.74) is 1.23. The molecule has 1 atom stereocenters. The van der Waals surface area contributed by atoms with Crippen molar-refractivity contribution in [3.63, 3.8) is 0 Å². The molecule has 1 aliphatic heterocycles. The summed E-state index contributed by atoms with van der Waals surface area (Å²) in [5, 5.41) is 2.10. The fraction of sp³-hybridized carbons (Fsp3) is 0.583. The van der Waals surface area contributed by atoms with Crippen LogP contribution in [0.15, 0.2) is 11.4 Å². The lowest BCUT2D eigenvalue weighted by Crippen LogP contribution is -2.32. The van der Waals surface area contributed by atoms with E-state index in [1.54, 1.807) is 11.3 Å². The molecule has 1 aromatic heterocycles. The molecule has 3 heteroatoms. The van der Waals surface area contributed by atoms with Gasteiger partial charge in [0.05, 0.1) is 4.88 Å². The SMILES string of the molecule is CC(C)C1CCCN1c1csc(C=O)c1. The van der Waals surface area contributed by atoms with E-state index < -0.39 is 0 Å². The van der Waals surface area contributed by atoms with Crippen LogP contribution in [0.4, 0.5) is 5.69 Å². The van der Waals surface area contributed by atoms with Gasteiger partial charge >= 0.3 is 0 Å². The zero-order valence-corrected chi connectivity index (χ0v) is 10.1. The van der Waals surface area contributed by atoms with Gasteiger partial charge in [-0.25, -0.2) is 0 Å². The Hall–Kier alpha value is -0.830. The maximum Gasteiger partial charge on any atom is 0.160 e. The Labute approximate surface area is 94.9 Å². The molecule has 0 radical (unpaired) electrons. The molecule has 0 spiro atoms. The first-order chi connectivity index (χ1) is 7.22. The van der Waals surface area contributed by atoms with Crippen LogP contribution in [0.25, 0.3) is 0 Å². The van der Waals surface area contributed by atoms with Crippen molar-refractivity contribution in [1.29, 1.82) is 0 Å². The van der Waals surface area contributed by atoms with Crippen LogP contribution in [0.1, 0.15) is 36.4 Å². The fourth-order valence-corrected chi connectivity index (χ4v) is 3.07. The minimum atomic E-state index is 0.652. The molecular weight excluding hydrogens is 206 g/mol. The van der Waals surface area contributed by atoms with Crippen LogP contribution in [-0.4, -0.2) is 18.9 Å². The summed E-state index contributed by atoms with van der Waals surface area (Å²) in [6.07, 6.45) is 3.49. The van der Waals surface area contributed by atoms with Crippen molar-refractivity contribution >= 4 is 23.3 Å². The summed E-state index contributed by atoms with van der Waals surface area (Å²) in [6, 6.07) is 2.66. The monoisotopic (exact) mass is 223 g/mol. The van der Waals surface area contributed by atoms with Crippen molar-refractivity contribution < 1.29 is 4.79 Å². The largest absolute Gasteiger partial charge is 0.368 e. The van der Waals surface area contributed by atoms with E-state index >= 15 is 0 Å². The second-order valence-corrected chi connectivity index (χ2v) is 5.41. The second-order valence-electron chi connectivity index (χ2n) is 4.47. The molecule has 0 saturated carbocycles. The summed E-state index contributed by atoms with van der Waals surface area (Å²) in [4.78, 5) is 13.9. The topological polar surface area (TPSA) is 20.3 Å². The number of anilines is 1. The van der Waals surface area contributed by atoms with Crippen molar-refractivity contribution in [2.24, 2.45) is 5.92 Å². The van der Waals surface area contributed by atoms with E-state index in [9.17, 15) is 4.79 Å². The molecule has 1 fully saturated rings. The Morgan fingerprint density at radius 2 is 2.40 bits per heavy atom. The van der Waals surface area contributed by atoms with Crippen LogP contribution < -0.4 is 4.90 Å². The standard InChI is InChI=1S/C12H17NOS/c1-9(2)12-4-3-5-13(12)10-6-11(7-14)15-8-10/h6-9,12H,3-5H2,1-2H3. The lowest BCUT2D eigenvalue weighted by molar-refractivity contribution is 0.112. The fourth-order valence-electron chi connectivity index (χ4n) is 2.36. The van der Waals surface area contributed by atoms with Crippen molar-refractivity contribution in [2.75, 3.05) is 11.4 Å². The van der Waals surface area contributed by atoms with E-state index in [-0.39, 0.29) is 0 Å². The molecule has 2 rings (SSSR count). The van der Waals surface area contributed by atoms with Gasteiger partial charge in [0.2, 0.25) is 0 Å². The van der Waals surface area contributed by atoms with Crippen molar-refractivity contribution in [1.82, 2.24) is 0 Å². The van der Waals surface area contributed by atoms with Gasteiger partial charge in [-0.1, -0.05) is 13.8 Å². The van der Waals surface area contributed by atoms with Gasteiger partial charge in [-0.05, 0) is 24.8 Å². The summed E-state index contributed by atoms with van der Waals surface area (Å²) >= 11 is 1.54. The number of carbonyl (C=O) groups is 1. The second kappa shape index (κ2) is 4.35. The first kappa shape index (κ1) is 10.7. The smallest absolute Gasteiger partial charge is 0.160 e. The quantitative estimate of drug-likeness (QED) is 0.733. The Kier molecular flexibility index (Phi) is 3.10. The maximum absolute atomic E-state index is 10.6. The number of nitrogens with zero attached hydrogens (tertiary/aromatic N) is 1. The summed E-state index contributed by atoms with van der Waals surface area (Å²) in [5.74, 6) is 0.687. The van der Waals surface area contributed by atoms with Gasteiger partial charge in [-0.3, -0.25) is 4.79 Å². The van der Waals surface area contributed by atoms with E-state index in [1.165, 1.54) is 18.5 Å². The lowest BCUT2D eigenvalue weighted by atomic mass is 10.0. The third-order valence-corrected chi connectivity index (χ3v) is 3.97. The third-order valence-electron chi connectivity index (χ3n) is 3.12. The number of aldehydes is 1. The van der Waals surface area contributed by atoms with E-state index in [0.29, 0.717) is 12.0 Å². The van der Waals surface area contributed by atoms with Crippen LogP contribution >= 0.6 is 11.3 Å². The molecule has 0 N–H and O–H groups in total. The molecule has 1 unspecified atom stereocenters. The molecule has 0 amide bonds. The molecule has 0 bridgehead atoms. The average molecular weight is 223 g/mol. The Morgan fingerprint density at radius 1 is 1.60 bits per heavy atom. The first-order valence-corrected chi connectivity index (χ1v) is 6.40. The normalized spacial score (nSPS) is 21.3. The van der Waals surface area contributed by atoms with Crippen molar-refractivity contribution in [3.05, 3.63) is 16.3 Å². The third kappa shape index (κ3) is 2.07. The molecule has 82 valence electrons. The van der Waals surface area contributed by atoms with Crippen LogP contribution in [0.2, 0.25) is 0 Å². The van der Waals surface area contributed by atoms with Gasteiger partial charge in [0.1, 0.15) is 0 Å². The predicted molar refractivity (Wildman–Crippen MR) is 64.9 cm³/mol. The van der Waals surface area contributed by atoms with Gasteiger partial charge < -0.3 is 4.90 Å². The van der Waals surface area contributed by atoms with Crippen LogP contribution in [-0.2, 0) is 0 Å². The minimum Gasteiger partial charge on any atom is -0.368 e. The molecule has 2 nitrogen and oxygen atoms in total. The van der Waals surface area contributed by atoms with E-state index in [2.05, 4.69) is 24.1 Å². The highest BCUT2D eigenvalue weighted by Gasteiger charge is 2.27. The van der Waals surface area contributed by atoms with E-state index in [1.807, 2.05) is 6.07 Å². The van der Waals surface area contributed by atoms with Crippen molar-refractivity contribution in [2.45, 2.75) is 32.7 Å². The highest BCUT2D eigenvalue weighted by atomic mass is 32.1. The molecule has 1 aromatic rings. The highest BCUT2D eigenvalue weighted by molar-refractivity contribution is 7.12. The van der Waals surface area contributed by atoms with Gasteiger partial charge in [-0.15, -0.1) is 11.3 Å². The van der Waals surface area contributed by atoms with E-state index in [0.717, 1.165) is 17.7 Å².